The molecule has 0 spiro atoms. The molecule has 7 nitrogen and oxygen atoms in total. The maximum absolute atomic E-state index is 12.2. The van der Waals surface area contributed by atoms with Crippen LogP contribution in [-0.4, -0.2) is 66.0 Å². The average Bonchev–Trinajstić information content (AvgIpc) is 2.76. The zero-order valence-corrected chi connectivity index (χ0v) is 21.1. The molecule has 4 rings (SSSR count). The molecule has 0 aromatic carbocycles. The lowest BCUT2D eigenvalue weighted by atomic mass is 9.65. The summed E-state index contributed by atoms with van der Waals surface area (Å²) in [7, 11) is 0. The molecule has 33 heavy (non-hydrogen) atoms. The molecule has 1 aromatic rings. The van der Waals surface area contributed by atoms with Gasteiger partial charge in [0, 0.05) is 39.4 Å². The molecule has 0 bridgehead atoms. The normalized spacial score (nSPS) is 25.1. The summed E-state index contributed by atoms with van der Waals surface area (Å²) in [5.74, 6) is 3.63. The van der Waals surface area contributed by atoms with E-state index in [9.17, 15) is 4.79 Å². The Morgan fingerprint density at radius 3 is 2.24 bits per heavy atom. The fourth-order valence-corrected chi connectivity index (χ4v) is 5.51. The van der Waals surface area contributed by atoms with Gasteiger partial charge in [-0.05, 0) is 83.0 Å². The number of amides is 1. The van der Waals surface area contributed by atoms with Gasteiger partial charge in [-0.1, -0.05) is 11.6 Å². The van der Waals surface area contributed by atoms with Crippen molar-refractivity contribution in [2.24, 2.45) is 23.7 Å². The van der Waals surface area contributed by atoms with Crippen molar-refractivity contribution < 1.29 is 14.3 Å². The predicted molar refractivity (Wildman–Crippen MR) is 130 cm³/mol. The van der Waals surface area contributed by atoms with Crippen LogP contribution in [0.1, 0.15) is 59.3 Å². The minimum absolute atomic E-state index is 0.187. The summed E-state index contributed by atoms with van der Waals surface area (Å²) < 4.78 is 11.7. The molecule has 2 saturated heterocycles. The maximum Gasteiger partial charge on any atom is 0.410 e. The molecule has 0 unspecified atom stereocenters. The van der Waals surface area contributed by atoms with E-state index < -0.39 is 5.60 Å². The van der Waals surface area contributed by atoms with E-state index in [2.05, 4.69) is 14.9 Å². The molecule has 0 radical (unpaired) electrons. The van der Waals surface area contributed by atoms with Gasteiger partial charge >= 0.3 is 6.09 Å². The van der Waals surface area contributed by atoms with Crippen molar-refractivity contribution in [2.75, 3.05) is 44.3 Å². The van der Waals surface area contributed by atoms with Gasteiger partial charge in [0.05, 0.1) is 17.4 Å². The molecule has 1 aromatic heterocycles. The first-order valence-electron chi connectivity index (χ1n) is 12.6. The van der Waals surface area contributed by atoms with Crippen molar-refractivity contribution in [3.8, 4) is 0 Å². The number of rotatable bonds is 6. The second-order valence-electron chi connectivity index (χ2n) is 11.0. The van der Waals surface area contributed by atoms with Crippen LogP contribution in [-0.2, 0) is 9.47 Å². The molecule has 1 aliphatic carbocycles. The van der Waals surface area contributed by atoms with Crippen molar-refractivity contribution in [1.82, 2.24) is 14.9 Å². The zero-order chi connectivity index (χ0) is 23.4. The van der Waals surface area contributed by atoms with Crippen molar-refractivity contribution in [2.45, 2.75) is 64.9 Å². The number of aromatic nitrogens is 2. The topological polar surface area (TPSA) is 67.8 Å². The summed E-state index contributed by atoms with van der Waals surface area (Å²) in [4.78, 5) is 25.1. The van der Waals surface area contributed by atoms with Crippen molar-refractivity contribution >= 4 is 23.6 Å². The highest BCUT2D eigenvalue weighted by Gasteiger charge is 2.38. The Morgan fingerprint density at radius 1 is 1.00 bits per heavy atom. The number of likely N-dealkylation sites (tertiary alicyclic amines) is 1. The number of piperidine rings is 2. The monoisotopic (exact) mass is 478 g/mol. The number of nitrogens with zero attached hydrogens (tertiary/aromatic N) is 4. The van der Waals surface area contributed by atoms with Crippen LogP contribution in [0.4, 0.5) is 10.7 Å². The van der Waals surface area contributed by atoms with Gasteiger partial charge in [-0.15, -0.1) is 0 Å². The van der Waals surface area contributed by atoms with Crippen molar-refractivity contribution in [1.29, 1.82) is 0 Å². The van der Waals surface area contributed by atoms with Gasteiger partial charge in [-0.2, -0.15) is 0 Å². The zero-order valence-electron chi connectivity index (χ0n) is 20.3. The largest absolute Gasteiger partial charge is 0.444 e. The van der Waals surface area contributed by atoms with Crippen molar-refractivity contribution in [3.63, 3.8) is 0 Å². The molecule has 1 saturated carbocycles. The highest BCUT2D eigenvalue weighted by molar-refractivity contribution is 6.30. The molecule has 0 N–H and O–H groups in total. The highest BCUT2D eigenvalue weighted by Crippen LogP contribution is 2.44. The molecule has 3 heterocycles. The van der Waals surface area contributed by atoms with E-state index in [-0.39, 0.29) is 6.09 Å². The second kappa shape index (κ2) is 10.8. The van der Waals surface area contributed by atoms with E-state index in [1.165, 1.54) is 25.7 Å². The first kappa shape index (κ1) is 24.5. The van der Waals surface area contributed by atoms with Crippen LogP contribution < -0.4 is 4.90 Å². The Morgan fingerprint density at radius 2 is 1.67 bits per heavy atom. The maximum atomic E-state index is 12.2. The number of carbonyl (C=O) groups excluding carboxylic acids is 1. The lowest BCUT2D eigenvalue weighted by Gasteiger charge is -2.45. The molecule has 2 atom stereocenters. The SMILES string of the molecule is CC(C)(C)OC(=O)N1CCC(COC[C@@H]2CC[C@@H]2C2CCN(c3ncc(Cl)cn3)CC2)CC1. The van der Waals surface area contributed by atoms with Gasteiger partial charge in [0.25, 0.3) is 0 Å². The summed E-state index contributed by atoms with van der Waals surface area (Å²) in [6.07, 6.45) is 10.2. The molecule has 184 valence electrons. The van der Waals surface area contributed by atoms with Gasteiger partial charge in [-0.25, -0.2) is 14.8 Å². The minimum atomic E-state index is -0.434. The van der Waals surface area contributed by atoms with Crippen LogP contribution in [0.3, 0.4) is 0 Å². The van der Waals surface area contributed by atoms with Gasteiger partial charge < -0.3 is 19.3 Å². The van der Waals surface area contributed by atoms with E-state index in [0.717, 1.165) is 70.0 Å². The third-order valence-corrected chi connectivity index (χ3v) is 7.66. The average molecular weight is 479 g/mol. The lowest BCUT2D eigenvalue weighted by molar-refractivity contribution is -0.0195. The van der Waals surface area contributed by atoms with E-state index in [4.69, 9.17) is 21.1 Å². The first-order chi connectivity index (χ1) is 15.8. The minimum Gasteiger partial charge on any atom is -0.444 e. The number of ether oxygens (including phenoxy) is 2. The second-order valence-corrected chi connectivity index (χ2v) is 11.4. The number of halogens is 1. The molecular weight excluding hydrogens is 440 g/mol. The van der Waals surface area contributed by atoms with Crippen molar-refractivity contribution in [3.05, 3.63) is 17.4 Å². The lowest BCUT2D eigenvalue weighted by Crippen LogP contribution is -2.43. The molecular formula is C25H39ClN4O3. The first-order valence-corrected chi connectivity index (χ1v) is 12.9. The van der Waals surface area contributed by atoms with Crippen LogP contribution in [0.25, 0.3) is 0 Å². The molecule has 1 amide bonds. The molecule has 3 aliphatic rings. The molecule has 8 heteroatoms. The van der Waals surface area contributed by atoms with Gasteiger partial charge in [-0.3, -0.25) is 0 Å². The van der Waals surface area contributed by atoms with Crippen LogP contribution in [0.5, 0.6) is 0 Å². The van der Waals surface area contributed by atoms with Gasteiger partial charge in [0.1, 0.15) is 5.60 Å². The number of hydrogen-bond acceptors (Lipinski definition) is 6. The summed E-state index contributed by atoms with van der Waals surface area (Å²) in [5.41, 5.74) is -0.434. The number of anilines is 1. The fourth-order valence-electron chi connectivity index (χ4n) is 5.41. The highest BCUT2D eigenvalue weighted by atomic mass is 35.5. The quantitative estimate of drug-likeness (QED) is 0.570. The smallest absolute Gasteiger partial charge is 0.410 e. The summed E-state index contributed by atoms with van der Waals surface area (Å²) in [6, 6.07) is 0. The molecule has 2 aliphatic heterocycles. The van der Waals surface area contributed by atoms with Gasteiger partial charge in [0.2, 0.25) is 5.95 Å². The Bertz CT molecular complexity index is 769. The van der Waals surface area contributed by atoms with Crippen LogP contribution in [0.15, 0.2) is 12.4 Å². The summed E-state index contributed by atoms with van der Waals surface area (Å²) in [6.45, 7) is 11.0. The van der Waals surface area contributed by atoms with E-state index in [1.54, 1.807) is 12.4 Å². The van der Waals surface area contributed by atoms with E-state index in [1.807, 2.05) is 25.7 Å². The predicted octanol–water partition coefficient (Wildman–Crippen LogP) is 5.04. The van der Waals surface area contributed by atoms with Crippen LogP contribution in [0.2, 0.25) is 5.02 Å². The van der Waals surface area contributed by atoms with Crippen LogP contribution >= 0.6 is 11.6 Å². The fraction of sp³-hybridized carbons (Fsp3) is 0.800. The van der Waals surface area contributed by atoms with Gasteiger partial charge in [0.15, 0.2) is 0 Å². The standard InChI is InChI=1S/C25H39ClN4O3/c1-25(2,3)33-24(31)30-10-6-18(7-11-30)16-32-17-20-4-5-22(20)19-8-12-29(13-9-19)23-27-14-21(26)15-28-23/h14-15,18-20,22H,4-13,16-17H2,1-3H3/t20-,22+/m0/s1. The number of hydrogen-bond donors (Lipinski definition) is 0. The third-order valence-electron chi connectivity index (χ3n) is 7.46. The van der Waals surface area contributed by atoms with E-state index >= 15 is 0 Å². The third kappa shape index (κ3) is 6.72. The Labute approximate surface area is 203 Å². The summed E-state index contributed by atoms with van der Waals surface area (Å²) >= 11 is 5.91. The van der Waals surface area contributed by atoms with Crippen LogP contribution in [0, 0.1) is 23.7 Å². The Hall–Kier alpha value is -1.60. The Balaban J connectivity index is 1.12. The molecule has 3 fully saturated rings. The van der Waals surface area contributed by atoms with E-state index in [0.29, 0.717) is 16.9 Å². The number of carbonyl (C=O) groups is 1. The Kier molecular flexibility index (Phi) is 8.00. The summed E-state index contributed by atoms with van der Waals surface area (Å²) in [5, 5.41) is 0.583.